The molecule has 0 aromatic heterocycles. The average Bonchev–Trinajstić information content (AvgIpc) is 2.75. The zero-order chi connectivity index (χ0) is 16.1. The van der Waals surface area contributed by atoms with Crippen molar-refractivity contribution in [3.05, 3.63) is 59.7 Å². The van der Waals surface area contributed by atoms with Crippen molar-refractivity contribution in [3.63, 3.8) is 0 Å². The Balaban J connectivity index is 1.92. The Labute approximate surface area is 132 Å². The maximum Gasteiger partial charge on any atom is 0.261 e. The number of hydrogen-bond donors (Lipinski definition) is 1. The van der Waals surface area contributed by atoms with Crippen molar-refractivity contribution in [2.24, 2.45) is 0 Å². The lowest BCUT2D eigenvalue weighted by Crippen LogP contribution is -2.35. The van der Waals surface area contributed by atoms with E-state index in [9.17, 15) is 14.7 Å². The third-order valence-corrected chi connectivity index (χ3v) is 4.24. The van der Waals surface area contributed by atoms with Crippen LogP contribution >= 0.6 is 0 Å². The number of hydrogen-bond acceptors (Lipinski definition) is 3. The molecule has 23 heavy (non-hydrogen) atoms. The molecule has 1 atom stereocenters. The molecule has 0 radical (unpaired) electrons. The predicted molar refractivity (Wildman–Crippen MR) is 88.5 cm³/mol. The number of aliphatic hydroxyl groups excluding tert-OH is 1. The van der Waals surface area contributed by atoms with Crippen molar-refractivity contribution in [1.82, 2.24) is 4.90 Å². The summed E-state index contributed by atoms with van der Waals surface area (Å²) in [5, 5.41) is 13.6. The van der Waals surface area contributed by atoms with E-state index in [0.717, 1.165) is 26.4 Å². The third kappa shape index (κ3) is 2.11. The number of β-amino-alcohol motifs (C(OH)–C–C–N with tert-alkyl or cyclic N) is 1. The van der Waals surface area contributed by atoms with Gasteiger partial charge in [-0.15, -0.1) is 0 Å². The van der Waals surface area contributed by atoms with Crippen molar-refractivity contribution in [2.45, 2.75) is 13.0 Å². The monoisotopic (exact) mass is 305 g/mol. The highest BCUT2D eigenvalue weighted by atomic mass is 16.3. The Hall–Kier alpha value is -2.72. The van der Waals surface area contributed by atoms with Crippen LogP contribution in [0.1, 0.15) is 27.6 Å². The van der Waals surface area contributed by atoms with Gasteiger partial charge in [-0.2, -0.15) is 0 Å². The first-order valence-electron chi connectivity index (χ1n) is 7.55. The van der Waals surface area contributed by atoms with E-state index < -0.39 is 6.10 Å². The molecule has 4 heteroatoms. The van der Waals surface area contributed by atoms with E-state index in [2.05, 4.69) is 0 Å². The first-order chi connectivity index (χ1) is 11.0. The fourth-order valence-corrected chi connectivity index (χ4v) is 3.16. The number of rotatable bonds is 2. The number of carbonyl (C=O) groups excluding carboxylic acids is 2. The van der Waals surface area contributed by atoms with Gasteiger partial charge in [-0.1, -0.05) is 24.3 Å². The fraction of sp³-hybridized carbons (Fsp3) is 0.158. The molecule has 1 aliphatic heterocycles. The Kier molecular flexibility index (Phi) is 2.96. The van der Waals surface area contributed by atoms with Gasteiger partial charge in [-0.3, -0.25) is 14.5 Å². The van der Waals surface area contributed by atoms with Gasteiger partial charge in [-0.25, -0.2) is 0 Å². The maximum atomic E-state index is 12.4. The van der Waals surface area contributed by atoms with Gasteiger partial charge in [0.25, 0.3) is 11.8 Å². The topological polar surface area (TPSA) is 57.6 Å². The Morgan fingerprint density at radius 1 is 0.870 bits per heavy atom. The minimum absolute atomic E-state index is 0.0185. The molecule has 1 aliphatic rings. The molecule has 0 aliphatic carbocycles. The van der Waals surface area contributed by atoms with E-state index in [1.807, 2.05) is 36.4 Å². The minimum Gasteiger partial charge on any atom is -0.392 e. The van der Waals surface area contributed by atoms with Crippen LogP contribution in [-0.4, -0.2) is 34.5 Å². The highest BCUT2D eigenvalue weighted by Gasteiger charge is 2.36. The molecule has 0 saturated carbocycles. The molecule has 3 aromatic rings. The number of imide groups is 1. The Morgan fingerprint density at radius 2 is 1.35 bits per heavy atom. The standard InChI is InChI=1S/C19H15NO3/c1-11(21)10-20-18(22)16-8-14-6-12-4-2-3-5-13(12)7-15(14)9-17(16)19(20)23/h2-9,11,21H,10H2,1H3/t11-/m1/s1. The number of aliphatic hydroxyl groups is 1. The van der Waals surface area contributed by atoms with Gasteiger partial charge in [0.05, 0.1) is 23.8 Å². The highest BCUT2D eigenvalue weighted by molar-refractivity contribution is 6.23. The lowest BCUT2D eigenvalue weighted by Gasteiger charge is -2.15. The number of fused-ring (bicyclic) bond motifs is 3. The minimum atomic E-state index is -0.741. The summed E-state index contributed by atoms with van der Waals surface area (Å²) in [5.74, 6) is -0.665. The Morgan fingerprint density at radius 3 is 1.78 bits per heavy atom. The summed E-state index contributed by atoms with van der Waals surface area (Å²) in [6, 6.07) is 15.6. The zero-order valence-corrected chi connectivity index (χ0v) is 12.6. The van der Waals surface area contributed by atoms with Crippen molar-refractivity contribution in [2.75, 3.05) is 6.54 Å². The molecule has 1 N–H and O–H groups in total. The molecular formula is C19H15NO3. The summed E-state index contributed by atoms with van der Waals surface area (Å²) in [5.41, 5.74) is 0.830. The summed E-state index contributed by atoms with van der Waals surface area (Å²) in [7, 11) is 0. The van der Waals surface area contributed by atoms with Crippen molar-refractivity contribution < 1.29 is 14.7 Å². The van der Waals surface area contributed by atoms with E-state index in [0.29, 0.717) is 11.1 Å². The summed E-state index contributed by atoms with van der Waals surface area (Å²) >= 11 is 0. The van der Waals surface area contributed by atoms with Crippen molar-refractivity contribution in [1.29, 1.82) is 0 Å². The molecule has 0 fully saturated rings. The normalized spacial score (nSPS) is 15.5. The number of benzene rings is 3. The molecule has 0 unspecified atom stereocenters. The summed E-state index contributed by atoms with van der Waals surface area (Å²) in [6.07, 6.45) is -0.741. The van der Waals surface area contributed by atoms with Crippen LogP contribution in [0.5, 0.6) is 0 Å². The smallest absolute Gasteiger partial charge is 0.261 e. The number of nitrogens with zero attached hydrogens (tertiary/aromatic N) is 1. The van der Waals surface area contributed by atoms with Crippen LogP contribution in [0, 0.1) is 0 Å². The first kappa shape index (κ1) is 13.9. The van der Waals surface area contributed by atoms with E-state index >= 15 is 0 Å². The molecule has 0 spiro atoms. The van der Waals surface area contributed by atoms with Gasteiger partial charge < -0.3 is 5.11 Å². The van der Waals surface area contributed by atoms with Crippen LogP contribution in [0.25, 0.3) is 21.5 Å². The van der Waals surface area contributed by atoms with Crippen molar-refractivity contribution in [3.8, 4) is 0 Å². The third-order valence-electron chi connectivity index (χ3n) is 4.24. The van der Waals surface area contributed by atoms with Gasteiger partial charge in [0, 0.05) is 0 Å². The van der Waals surface area contributed by atoms with E-state index in [1.54, 1.807) is 19.1 Å². The van der Waals surface area contributed by atoms with Gasteiger partial charge >= 0.3 is 0 Å². The zero-order valence-electron chi connectivity index (χ0n) is 12.6. The van der Waals surface area contributed by atoms with Crippen LogP contribution in [0.15, 0.2) is 48.5 Å². The molecule has 114 valence electrons. The molecule has 4 rings (SSSR count). The molecular weight excluding hydrogens is 290 g/mol. The fourth-order valence-electron chi connectivity index (χ4n) is 3.16. The highest BCUT2D eigenvalue weighted by Crippen LogP contribution is 2.30. The second kappa shape index (κ2) is 4.89. The number of amides is 2. The molecule has 1 heterocycles. The lowest BCUT2D eigenvalue weighted by molar-refractivity contribution is 0.0563. The van der Waals surface area contributed by atoms with Gasteiger partial charge in [-0.05, 0) is 52.7 Å². The van der Waals surface area contributed by atoms with Crippen LogP contribution in [-0.2, 0) is 0 Å². The summed E-state index contributed by atoms with van der Waals surface area (Å²) in [6.45, 7) is 1.58. The molecule has 0 bridgehead atoms. The van der Waals surface area contributed by atoms with Gasteiger partial charge in [0.1, 0.15) is 0 Å². The summed E-state index contributed by atoms with van der Waals surface area (Å²) < 4.78 is 0. The van der Waals surface area contributed by atoms with Crippen LogP contribution in [0.2, 0.25) is 0 Å². The van der Waals surface area contributed by atoms with E-state index in [1.165, 1.54) is 0 Å². The van der Waals surface area contributed by atoms with E-state index in [-0.39, 0.29) is 18.4 Å². The maximum absolute atomic E-state index is 12.4. The van der Waals surface area contributed by atoms with Crippen LogP contribution in [0.3, 0.4) is 0 Å². The SMILES string of the molecule is C[C@@H](O)CN1C(=O)c2cc3cc4ccccc4cc3cc2C1=O. The average molecular weight is 305 g/mol. The first-order valence-corrected chi connectivity index (χ1v) is 7.55. The molecule has 3 aromatic carbocycles. The Bertz CT molecular complexity index is 901. The summed E-state index contributed by atoms with van der Waals surface area (Å²) in [4.78, 5) is 26.0. The lowest BCUT2D eigenvalue weighted by atomic mass is 9.99. The van der Waals surface area contributed by atoms with Crippen LogP contribution < -0.4 is 0 Å². The van der Waals surface area contributed by atoms with E-state index in [4.69, 9.17) is 0 Å². The van der Waals surface area contributed by atoms with Gasteiger partial charge in [0.15, 0.2) is 0 Å². The van der Waals surface area contributed by atoms with Crippen molar-refractivity contribution >= 4 is 33.4 Å². The molecule has 4 nitrogen and oxygen atoms in total. The molecule has 2 amide bonds. The van der Waals surface area contributed by atoms with Gasteiger partial charge in [0.2, 0.25) is 0 Å². The molecule has 0 saturated heterocycles. The largest absolute Gasteiger partial charge is 0.392 e. The van der Waals surface area contributed by atoms with Crippen LogP contribution in [0.4, 0.5) is 0 Å². The number of carbonyl (C=O) groups is 2. The predicted octanol–water partition coefficient (Wildman–Crippen LogP) is 2.97. The second-order valence-electron chi connectivity index (χ2n) is 6.01. The second-order valence-corrected chi connectivity index (χ2v) is 6.01. The quantitative estimate of drug-likeness (QED) is 0.585.